The van der Waals surface area contributed by atoms with Crippen molar-refractivity contribution in [3.63, 3.8) is 0 Å². The highest BCUT2D eigenvalue weighted by molar-refractivity contribution is 6.13. The molecule has 0 spiro atoms. The topological polar surface area (TPSA) is 151 Å². The third-order valence-corrected chi connectivity index (χ3v) is 4.57. The second kappa shape index (κ2) is 9.24. The van der Waals surface area contributed by atoms with Crippen molar-refractivity contribution < 1.29 is 18.4 Å². The first kappa shape index (κ1) is 22.0. The van der Waals surface area contributed by atoms with E-state index in [1.807, 2.05) is 0 Å². The maximum absolute atomic E-state index is 13.4. The molecule has 0 bridgehead atoms. The Hall–Kier alpha value is -3.33. The van der Waals surface area contributed by atoms with Crippen LogP contribution in [0.25, 0.3) is 0 Å². The van der Waals surface area contributed by atoms with Gasteiger partial charge in [-0.1, -0.05) is 24.3 Å². The van der Waals surface area contributed by atoms with E-state index < -0.39 is 34.8 Å². The maximum atomic E-state index is 13.4. The van der Waals surface area contributed by atoms with Crippen molar-refractivity contribution in [1.82, 2.24) is 0 Å². The monoisotopic (exact) mass is 403 g/mol. The number of nitrogens with zero attached hydrogens (tertiary/aromatic N) is 1. The van der Waals surface area contributed by atoms with Crippen LogP contribution in [-0.2, 0) is 9.59 Å². The van der Waals surface area contributed by atoms with E-state index in [-0.39, 0.29) is 25.3 Å². The van der Waals surface area contributed by atoms with Gasteiger partial charge in [0.2, 0.25) is 5.91 Å². The number of aliphatic imine (C=N–C) groups is 1. The maximum Gasteiger partial charge on any atom is 0.245 e. The van der Waals surface area contributed by atoms with E-state index in [2.05, 4.69) is 4.99 Å². The van der Waals surface area contributed by atoms with Gasteiger partial charge in [-0.05, 0) is 48.2 Å². The van der Waals surface area contributed by atoms with Crippen molar-refractivity contribution in [2.45, 2.75) is 24.3 Å². The summed E-state index contributed by atoms with van der Waals surface area (Å²) in [7, 11) is 0. The Morgan fingerprint density at radius 2 is 1.34 bits per heavy atom. The molecule has 2 aromatic carbocycles. The van der Waals surface area contributed by atoms with Crippen molar-refractivity contribution >= 4 is 17.6 Å². The summed E-state index contributed by atoms with van der Waals surface area (Å²) in [6.07, 6.45) is 0.124. The SMILES string of the molecule is NC(=O)[C@@](N)(CCCN=C(N)N)C(=O)C(c1ccc(F)cc1)c1ccc(F)cc1. The number of carbonyl (C=O) groups is 2. The summed E-state index contributed by atoms with van der Waals surface area (Å²) < 4.78 is 26.7. The van der Waals surface area contributed by atoms with Crippen molar-refractivity contribution in [3.8, 4) is 0 Å². The largest absolute Gasteiger partial charge is 0.370 e. The molecule has 154 valence electrons. The standard InChI is InChI=1S/C20H23F2N5O2/c21-14-6-2-12(3-7-14)16(13-4-8-15(22)9-5-13)17(28)20(26,18(23)29)10-1-11-27-19(24)25/h2-9,16H,1,10-11,26H2,(H2,23,29)(H4,24,25,27)/t20-/m1/s1. The Balaban J connectivity index is 2.44. The van der Waals surface area contributed by atoms with E-state index in [0.29, 0.717) is 11.1 Å². The molecule has 0 aliphatic carbocycles. The van der Waals surface area contributed by atoms with Gasteiger partial charge in [0.1, 0.15) is 11.6 Å². The number of primary amides is 1. The predicted octanol–water partition coefficient (Wildman–Crippen LogP) is 0.902. The van der Waals surface area contributed by atoms with E-state index in [4.69, 9.17) is 22.9 Å². The highest BCUT2D eigenvalue weighted by Gasteiger charge is 2.44. The van der Waals surface area contributed by atoms with Crippen LogP contribution in [0.3, 0.4) is 0 Å². The van der Waals surface area contributed by atoms with Crippen molar-refractivity contribution in [3.05, 3.63) is 71.3 Å². The van der Waals surface area contributed by atoms with Crippen LogP contribution in [0, 0.1) is 11.6 Å². The van der Waals surface area contributed by atoms with Gasteiger partial charge in [-0.2, -0.15) is 0 Å². The number of Topliss-reactive ketones (excluding diaryl/α,β-unsaturated/α-hetero) is 1. The molecular formula is C20H23F2N5O2. The Labute approximate surface area is 166 Å². The summed E-state index contributed by atoms with van der Waals surface area (Å²) in [5.41, 5.74) is 20.9. The van der Waals surface area contributed by atoms with Crippen LogP contribution < -0.4 is 22.9 Å². The molecule has 0 saturated carbocycles. The van der Waals surface area contributed by atoms with Crippen LogP contribution in [0.1, 0.15) is 29.9 Å². The lowest BCUT2D eigenvalue weighted by atomic mass is 9.76. The average molecular weight is 403 g/mol. The molecule has 0 aliphatic rings. The van der Waals surface area contributed by atoms with Crippen LogP contribution in [0.15, 0.2) is 53.5 Å². The average Bonchev–Trinajstić information content (AvgIpc) is 2.67. The summed E-state index contributed by atoms with van der Waals surface area (Å²) >= 11 is 0. The van der Waals surface area contributed by atoms with E-state index in [9.17, 15) is 18.4 Å². The minimum Gasteiger partial charge on any atom is -0.370 e. The lowest BCUT2D eigenvalue weighted by Crippen LogP contribution is -2.59. The molecule has 2 aromatic rings. The van der Waals surface area contributed by atoms with Crippen LogP contribution in [0.5, 0.6) is 0 Å². The Bertz CT molecular complexity index is 851. The van der Waals surface area contributed by atoms with Gasteiger partial charge in [0, 0.05) is 6.54 Å². The number of guanidine groups is 1. The van der Waals surface area contributed by atoms with E-state index in [1.54, 1.807) is 0 Å². The van der Waals surface area contributed by atoms with Crippen molar-refractivity contribution in [1.29, 1.82) is 0 Å². The van der Waals surface area contributed by atoms with E-state index in [0.717, 1.165) is 0 Å². The van der Waals surface area contributed by atoms with Crippen LogP contribution in [-0.4, -0.2) is 29.7 Å². The fourth-order valence-electron chi connectivity index (χ4n) is 3.00. The highest BCUT2D eigenvalue weighted by atomic mass is 19.1. The number of amides is 1. The Morgan fingerprint density at radius 1 is 0.897 bits per heavy atom. The fourth-order valence-corrected chi connectivity index (χ4v) is 3.00. The van der Waals surface area contributed by atoms with Crippen molar-refractivity contribution in [2.75, 3.05) is 6.54 Å². The van der Waals surface area contributed by atoms with Gasteiger partial charge >= 0.3 is 0 Å². The van der Waals surface area contributed by atoms with Crippen LogP contribution in [0.2, 0.25) is 0 Å². The summed E-state index contributed by atoms with van der Waals surface area (Å²) in [6, 6.07) is 10.3. The molecule has 7 nitrogen and oxygen atoms in total. The zero-order chi connectivity index (χ0) is 21.6. The van der Waals surface area contributed by atoms with Gasteiger partial charge in [-0.3, -0.25) is 14.6 Å². The van der Waals surface area contributed by atoms with Crippen molar-refractivity contribution in [2.24, 2.45) is 27.9 Å². The molecule has 0 aliphatic heterocycles. The second-order valence-electron chi connectivity index (χ2n) is 6.65. The van der Waals surface area contributed by atoms with Gasteiger partial charge in [0.15, 0.2) is 17.3 Å². The minimum atomic E-state index is -2.02. The van der Waals surface area contributed by atoms with E-state index >= 15 is 0 Å². The van der Waals surface area contributed by atoms with Gasteiger partial charge in [0.25, 0.3) is 0 Å². The molecule has 2 rings (SSSR count). The van der Waals surface area contributed by atoms with Gasteiger partial charge < -0.3 is 22.9 Å². The molecule has 9 heteroatoms. The molecule has 0 fully saturated rings. The quantitative estimate of drug-likeness (QED) is 0.212. The van der Waals surface area contributed by atoms with Crippen LogP contribution in [0.4, 0.5) is 8.78 Å². The molecule has 0 saturated heterocycles. The predicted molar refractivity (Wildman–Crippen MR) is 106 cm³/mol. The molecular weight excluding hydrogens is 380 g/mol. The Kier molecular flexibility index (Phi) is 7.00. The lowest BCUT2D eigenvalue weighted by molar-refractivity contribution is -0.134. The number of halogens is 2. The third kappa shape index (κ3) is 5.35. The normalized spacial score (nSPS) is 13.0. The number of ketones is 1. The molecule has 0 unspecified atom stereocenters. The molecule has 1 atom stereocenters. The van der Waals surface area contributed by atoms with E-state index in [1.165, 1.54) is 48.5 Å². The summed E-state index contributed by atoms with van der Waals surface area (Å²) in [5.74, 6) is -3.87. The molecule has 0 aromatic heterocycles. The number of carbonyl (C=O) groups excluding carboxylic acids is 2. The molecule has 29 heavy (non-hydrogen) atoms. The van der Waals surface area contributed by atoms with Crippen LogP contribution >= 0.6 is 0 Å². The molecule has 0 heterocycles. The third-order valence-electron chi connectivity index (χ3n) is 4.57. The zero-order valence-electron chi connectivity index (χ0n) is 15.6. The number of nitrogens with two attached hydrogens (primary N) is 4. The molecule has 8 N–H and O–H groups in total. The summed E-state index contributed by atoms with van der Waals surface area (Å²) in [6.45, 7) is 0.152. The zero-order valence-corrected chi connectivity index (χ0v) is 15.6. The lowest BCUT2D eigenvalue weighted by Gasteiger charge is -2.29. The summed E-state index contributed by atoms with van der Waals surface area (Å²) in [4.78, 5) is 29.3. The molecule has 1 amide bonds. The van der Waals surface area contributed by atoms with Gasteiger partial charge in [-0.25, -0.2) is 8.78 Å². The highest BCUT2D eigenvalue weighted by Crippen LogP contribution is 2.31. The smallest absolute Gasteiger partial charge is 0.245 e. The molecule has 0 radical (unpaired) electrons. The number of hydrogen-bond acceptors (Lipinski definition) is 4. The Morgan fingerprint density at radius 3 is 1.72 bits per heavy atom. The first-order valence-electron chi connectivity index (χ1n) is 8.84. The second-order valence-corrected chi connectivity index (χ2v) is 6.65. The minimum absolute atomic E-state index is 0.100. The summed E-state index contributed by atoms with van der Waals surface area (Å²) in [5, 5.41) is 0. The fraction of sp³-hybridized carbons (Fsp3) is 0.250. The number of rotatable bonds is 9. The number of hydrogen-bond donors (Lipinski definition) is 4. The van der Waals surface area contributed by atoms with Gasteiger partial charge in [-0.15, -0.1) is 0 Å². The first-order chi connectivity index (χ1) is 13.6. The first-order valence-corrected chi connectivity index (χ1v) is 8.84. The van der Waals surface area contributed by atoms with Gasteiger partial charge in [0.05, 0.1) is 5.92 Å². The number of benzene rings is 2.